The topological polar surface area (TPSA) is 81.8 Å². The summed E-state index contributed by atoms with van der Waals surface area (Å²) in [5, 5.41) is 2.88. The number of nitrogens with two attached hydrogens (primary N) is 1. The Hall–Kier alpha value is -2.25. The number of benzene rings is 1. The molecule has 4 aromatic rings. The summed E-state index contributed by atoms with van der Waals surface area (Å²) in [6.07, 6.45) is 1.52. The number of thioether (sulfide) groups is 1. The molecule has 0 aliphatic carbocycles. The summed E-state index contributed by atoms with van der Waals surface area (Å²) in [7, 11) is 0. The van der Waals surface area contributed by atoms with E-state index in [2.05, 4.69) is 41.2 Å². The number of carbonyl (C=O) groups is 1. The number of aromatic nitrogens is 3. The number of pyridine rings is 1. The van der Waals surface area contributed by atoms with E-state index in [-0.39, 0.29) is 11.7 Å². The van der Waals surface area contributed by atoms with Gasteiger partial charge in [0.05, 0.1) is 21.5 Å². The van der Waals surface area contributed by atoms with Crippen molar-refractivity contribution in [2.75, 3.05) is 5.75 Å². The predicted molar refractivity (Wildman–Crippen MR) is 94.9 cm³/mol. The van der Waals surface area contributed by atoms with Crippen LogP contribution in [-0.4, -0.2) is 26.6 Å². The Morgan fingerprint density at radius 3 is 3.00 bits per heavy atom. The van der Waals surface area contributed by atoms with Gasteiger partial charge in [0.15, 0.2) is 0 Å². The first-order valence-electron chi connectivity index (χ1n) is 6.97. The van der Waals surface area contributed by atoms with E-state index < -0.39 is 0 Å². The number of rotatable bonds is 3. The van der Waals surface area contributed by atoms with Crippen molar-refractivity contribution >= 4 is 60.3 Å². The molecule has 0 atom stereocenters. The number of nitrogens with zero attached hydrogens (tertiary/aromatic N) is 3. The lowest BCUT2D eigenvalue weighted by Crippen LogP contribution is -2.13. The van der Waals surface area contributed by atoms with Gasteiger partial charge in [0.2, 0.25) is 5.91 Å². The van der Waals surface area contributed by atoms with Crippen LogP contribution in [0.3, 0.4) is 0 Å². The van der Waals surface area contributed by atoms with E-state index >= 15 is 0 Å². The van der Waals surface area contributed by atoms with Crippen LogP contribution >= 0.6 is 23.1 Å². The highest BCUT2D eigenvalue weighted by atomic mass is 32.2. The van der Waals surface area contributed by atoms with Crippen LogP contribution in [0.15, 0.2) is 35.6 Å². The molecule has 3 heterocycles. The number of aryl methyl sites for hydroxylation is 1. The van der Waals surface area contributed by atoms with Gasteiger partial charge in [0, 0.05) is 10.8 Å². The van der Waals surface area contributed by atoms with Crippen molar-refractivity contribution in [2.45, 2.75) is 11.9 Å². The van der Waals surface area contributed by atoms with Crippen molar-refractivity contribution in [2.24, 2.45) is 5.73 Å². The van der Waals surface area contributed by atoms with Crippen LogP contribution in [0.2, 0.25) is 0 Å². The first kappa shape index (κ1) is 14.3. The van der Waals surface area contributed by atoms with Gasteiger partial charge in [-0.1, -0.05) is 23.9 Å². The SMILES string of the molecule is Cc1ccc2cc3c(nc2c1)sc1c(SCC(N)=O)ncnc13. The molecule has 0 aliphatic heterocycles. The molecule has 0 fully saturated rings. The Balaban J connectivity index is 1.97. The summed E-state index contributed by atoms with van der Waals surface area (Å²) >= 11 is 2.89. The summed E-state index contributed by atoms with van der Waals surface area (Å²) in [6.45, 7) is 2.06. The minimum Gasteiger partial charge on any atom is -0.369 e. The van der Waals surface area contributed by atoms with E-state index in [0.717, 1.165) is 36.4 Å². The molecule has 2 N–H and O–H groups in total. The second kappa shape index (κ2) is 5.43. The average molecular weight is 340 g/mol. The highest BCUT2D eigenvalue weighted by molar-refractivity contribution is 8.00. The number of hydrogen-bond donors (Lipinski definition) is 1. The zero-order chi connectivity index (χ0) is 16.0. The van der Waals surface area contributed by atoms with Crippen LogP contribution in [0.1, 0.15) is 5.56 Å². The summed E-state index contributed by atoms with van der Waals surface area (Å²) in [5.74, 6) is -0.156. The quantitative estimate of drug-likeness (QED) is 0.457. The molecule has 1 amide bonds. The van der Waals surface area contributed by atoms with Crippen LogP contribution < -0.4 is 5.73 Å². The lowest BCUT2D eigenvalue weighted by molar-refractivity contribution is -0.115. The van der Waals surface area contributed by atoms with Crippen LogP contribution in [0.25, 0.3) is 31.3 Å². The third kappa shape index (κ3) is 2.51. The Kier molecular flexibility index (Phi) is 3.39. The molecule has 7 heteroatoms. The Bertz CT molecular complexity index is 1070. The predicted octanol–water partition coefficient (Wildman–Crippen LogP) is 3.28. The first-order chi connectivity index (χ1) is 11.1. The molecule has 0 unspecified atom stereocenters. The molecule has 114 valence electrons. The summed E-state index contributed by atoms with van der Waals surface area (Å²) in [5.41, 5.74) is 8.26. The molecule has 23 heavy (non-hydrogen) atoms. The van der Waals surface area contributed by atoms with E-state index in [1.54, 1.807) is 11.3 Å². The van der Waals surface area contributed by atoms with E-state index in [9.17, 15) is 4.79 Å². The Morgan fingerprint density at radius 1 is 1.30 bits per heavy atom. The molecular formula is C16H12N4OS2. The molecule has 1 aromatic carbocycles. The molecule has 0 spiro atoms. The maximum atomic E-state index is 11.0. The van der Waals surface area contributed by atoms with Crippen molar-refractivity contribution in [3.63, 3.8) is 0 Å². The van der Waals surface area contributed by atoms with Crippen LogP contribution in [0.5, 0.6) is 0 Å². The number of carbonyl (C=O) groups excluding carboxylic acids is 1. The fraction of sp³-hybridized carbons (Fsp3) is 0.125. The Labute approximate surface area is 139 Å². The minimum atomic E-state index is -0.359. The number of fused-ring (bicyclic) bond motifs is 4. The molecule has 5 nitrogen and oxygen atoms in total. The molecule has 0 aliphatic rings. The van der Waals surface area contributed by atoms with Gasteiger partial charge in [-0.2, -0.15) is 0 Å². The molecule has 0 radical (unpaired) electrons. The summed E-state index contributed by atoms with van der Waals surface area (Å²) < 4.78 is 0.952. The van der Waals surface area contributed by atoms with Gasteiger partial charge in [-0.15, -0.1) is 11.3 Å². The van der Waals surface area contributed by atoms with Gasteiger partial charge in [-0.3, -0.25) is 4.79 Å². The van der Waals surface area contributed by atoms with Crippen molar-refractivity contribution in [3.05, 3.63) is 36.2 Å². The van der Waals surface area contributed by atoms with Crippen LogP contribution in [0.4, 0.5) is 0 Å². The number of hydrogen-bond acceptors (Lipinski definition) is 6. The number of thiophene rings is 1. The fourth-order valence-corrected chi connectivity index (χ4v) is 4.42. The van der Waals surface area contributed by atoms with E-state index in [1.165, 1.54) is 23.7 Å². The molecule has 0 bridgehead atoms. The molecular weight excluding hydrogens is 328 g/mol. The van der Waals surface area contributed by atoms with Gasteiger partial charge in [0.25, 0.3) is 0 Å². The van der Waals surface area contributed by atoms with Crippen molar-refractivity contribution in [3.8, 4) is 0 Å². The monoisotopic (exact) mass is 340 g/mol. The van der Waals surface area contributed by atoms with Crippen LogP contribution in [-0.2, 0) is 4.79 Å². The van der Waals surface area contributed by atoms with E-state index in [4.69, 9.17) is 10.7 Å². The smallest absolute Gasteiger partial charge is 0.227 e. The lowest BCUT2D eigenvalue weighted by atomic mass is 10.1. The normalized spacial score (nSPS) is 11.5. The van der Waals surface area contributed by atoms with Crippen molar-refractivity contribution in [1.82, 2.24) is 15.0 Å². The zero-order valence-corrected chi connectivity index (χ0v) is 13.9. The first-order valence-corrected chi connectivity index (χ1v) is 8.78. The van der Waals surface area contributed by atoms with Crippen LogP contribution in [0, 0.1) is 6.92 Å². The lowest BCUT2D eigenvalue weighted by Gasteiger charge is -2.00. The summed E-state index contributed by atoms with van der Waals surface area (Å²) in [4.78, 5) is 25.4. The molecule has 0 saturated heterocycles. The molecule has 4 rings (SSSR count). The Morgan fingerprint density at radius 2 is 2.17 bits per heavy atom. The second-order valence-electron chi connectivity index (χ2n) is 5.25. The molecule has 3 aromatic heterocycles. The third-order valence-corrected chi connectivity index (χ3v) is 5.75. The average Bonchev–Trinajstić information content (AvgIpc) is 2.88. The zero-order valence-electron chi connectivity index (χ0n) is 12.2. The van der Waals surface area contributed by atoms with Gasteiger partial charge < -0.3 is 5.73 Å². The maximum Gasteiger partial charge on any atom is 0.227 e. The van der Waals surface area contributed by atoms with Gasteiger partial charge in [-0.25, -0.2) is 15.0 Å². The highest BCUT2D eigenvalue weighted by Gasteiger charge is 2.14. The fourth-order valence-electron chi connectivity index (χ4n) is 2.49. The number of primary amides is 1. The number of amides is 1. The highest BCUT2D eigenvalue weighted by Crippen LogP contribution is 2.37. The van der Waals surface area contributed by atoms with Crippen molar-refractivity contribution in [1.29, 1.82) is 0 Å². The van der Waals surface area contributed by atoms with Crippen molar-refractivity contribution < 1.29 is 4.79 Å². The van der Waals surface area contributed by atoms with Gasteiger partial charge in [-0.05, 0) is 24.6 Å². The molecule has 0 saturated carbocycles. The largest absolute Gasteiger partial charge is 0.369 e. The van der Waals surface area contributed by atoms with E-state index in [0.29, 0.717) is 0 Å². The second-order valence-corrected chi connectivity index (χ2v) is 7.21. The van der Waals surface area contributed by atoms with Gasteiger partial charge >= 0.3 is 0 Å². The standard InChI is InChI=1S/C16H12N4OS2/c1-8-2-3-9-5-10-13-14(23-15(10)20-11(9)4-8)16(19-7-18-13)22-6-12(17)21/h2-5,7H,6H2,1H3,(H2,17,21). The minimum absolute atomic E-state index is 0.203. The summed E-state index contributed by atoms with van der Waals surface area (Å²) in [6, 6.07) is 8.34. The third-order valence-electron chi connectivity index (χ3n) is 3.51. The maximum absolute atomic E-state index is 11.0. The van der Waals surface area contributed by atoms with Gasteiger partial charge in [0.1, 0.15) is 16.2 Å². The van der Waals surface area contributed by atoms with E-state index in [1.807, 2.05) is 0 Å².